The fraction of sp³-hybridized carbons (Fsp3) is 0.250. The van der Waals surface area contributed by atoms with Crippen molar-refractivity contribution < 1.29 is 4.74 Å². The molecule has 0 amide bonds. The molecule has 124 valence electrons. The number of hydrogen-bond donors (Lipinski definition) is 0. The molecule has 7 nitrogen and oxygen atoms in total. The van der Waals surface area contributed by atoms with Gasteiger partial charge in [0, 0.05) is 36.0 Å². The third-order valence-corrected chi connectivity index (χ3v) is 3.78. The Hall–Kier alpha value is -2.51. The van der Waals surface area contributed by atoms with Crippen LogP contribution < -0.4 is 5.56 Å². The largest absolute Gasteiger partial charge is 0.380 e. The third kappa shape index (κ3) is 3.52. The van der Waals surface area contributed by atoms with Gasteiger partial charge in [-0.3, -0.25) is 4.79 Å². The Morgan fingerprint density at radius 2 is 2.12 bits per heavy atom. The van der Waals surface area contributed by atoms with E-state index in [0.29, 0.717) is 24.8 Å². The van der Waals surface area contributed by atoms with E-state index in [0.717, 1.165) is 16.8 Å². The maximum Gasteiger partial charge on any atom is 0.251 e. The van der Waals surface area contributed by atoms with Crippen molar-refractivity contribution in [2.24, 2.45) is 0 Å². The Balaban J connectivity index is 1.99. The summed E-state index contributed by atoms with van der Waals surface area (Å²) in [5.74, 6) is 0. The summed E-state index contributed by atoms with van der Waals surface area (Å²) in [6.07, 6.45) is 3.25. The first-order valence-corrected chi connectivity index (χ1v) is 7.88. The molecule has 3 rings (SSSR count). The number of tetrazole rings is 1. The minimum Gasteiger partial charge on any atom is -0.380 e. The van der Waals surface area contributed by atoms with E-state index in [-0.39, 0.29) is 5.56 Å². The molecule has 0 saturated carbocycles. The number of pyridine rings is 1. The van der Waals surface area contributed by atoms with Crippen LogP contribution in [0.3, 0.4) is 0 Å². The minimum atomic E-state index is -0.102. The Morgan fingerprint density at radius 1 is 1.25 bits per heavy atom. The van der Waals surface area contributed by atoms with Gasteiger partial charge in [0.2, 0.25) is 0 Å². The van der Waals surface area contributed by atoms with E-state index < -0.39 is 0 Å². The number of nitrogens with zero attached hydrogens (tertiary/aromatic N) is 5. The number of benzene rings is 1. The zero-order chi connectivity index (χ0) is 16.9. The Kier molecular flexibility index (Phi) is 5.02. The molecule has 24 heavy (non-hydrogen) atoms. The topological polar surface area (TPSA) is 74.8 Å². The predicted molar refractivity (Wildman–Crippen MR) is 90.4 cm³/mol. The summed E-state index contributed by atoms with van der Waals surface area (Å²) in [7, 11) is 0. The lowest BCUT2D eigenvalue weighted by molar-refractivity contribution is 0.138. The van der Waals surface area contributed by atoms with Crippen LogP contribution >= 0.6 is 11.6 Å². The molecular formula is C16H16ClN5O2. The molecule has 0 saturated heterocycles. The highest BCUT2D eigenvalue weighted by Crippen LogP contribution is 2.28. The van der Waals surface area contributed by atoms with Gasteiger partial charge in [-0.2, -0.15) is 4.68 Å². The van der Waals surface area contributed by atoms with Gasteiger partial charge in [-0.1, -0.05) is 11.6 Å². The third-order valence-electron chi connectivity index (χ3n) is 3.54. The molecular weight excluding hydrogens is 330 g/mol. The molecule has 0 aliphatic carbocycles. The van der Waals surface area contributed by atoms with Gasteiger partial charge in [-0.05, 0) is 47.2 Å². The van der Waals surface area contributed by atoms with Crippen molar-refractivity contribution in [1.29, 1.82) is 0 Å². The van der Waals surface area contributed by atoms with Gasteiger partial charge in [0.05, 0.1) is 12.3 Å². The van der Waals surface area contributed by atoms with Crippen molar-refractivity contribution >= 4 is 11.6 Å². The molecule has 3 aromatic rings. The first kappa shape index (κ1) is 16.4. The quantitative estimate of drug-likeness (QED) is 0.640. The summed E-state index contributed by atoms with van der Waals surface area (Å²) in [4.78, 5) is 12.3. The lowest BCUT2D eigenvalue weighted by Gasteiger charge is -2.11. The Labute approximate surface area is 143 Å². The van der Waals surface area contributed by atoms with Crippen LogP contribution in [0.25, 0.3) is 16.8 Å². The molecule has 0 spiro atoms. The summed E-state index contributed by atoms with van der Waals surface area (Å²) in [6, 6.07) is 8.80. The van der Waals surface area contributed by atoms with E-state index in [1.54, 1.807) is 29.0 Å². The number of halogens is 1. The van der Waals surface area contributed by atoms with Crippen molar-refractivity contribution in [3.05, 3.63) is 58.2 Å². The summed E-state index contributed by atoms with van der Waals surface area (Å²) in [5, 5.41) is 11.8. The van der Waals surface area contributed by atoms with Crippen molar-refractivity contribution in [2.75, 3.05) is 13.2 Å². The molecule has 0 bridgehead atoms. The van der Waals surface area contributed by atoms with Crippen LogP contribution in [-0.4, -0.2) is 38.0 Å². The van der Waals surface area contributed by atoms with E-state index in [9.17, 15) is 4.79 Å². The fourth-order valence-corrected chi connectivity index (χ4v) is 2.55. The van der Waals surface area contributed by atoms with Crippen molar-refractivity contribution in [1.82, 2.24) is 24.8 Å². The van der Waals surface area contributed by atoms with E-state index in [1.165, 1.54) is 11.0 Å². The average Bonchev–Trinajstić information content (AvgIpc) is 3.11. The van der Waals surface area contributed by atoms with Crippen LogP contribution in [0.1, 0.15) is 6.92 Å². The Bertz CT molecular complexity index is 876. The van der Waals surface area contributed by atoms with Crippen LogP contribution in [0.5, 0.6) is 0 Å². The molecule has 0 unspecified atom stereocenters. The van der Waals surface area contributed by atoms with E-state index >= 15 is 0 Å². The normalized spacial score (nSPS) is 10.9. The summed E-state index contributed by atoms with van der Waals surface area (Å²) < 4.78 is 8.43. The molecule has 0 aliphatic rings. The number of ether oxygens (including phenoxy) is 1. The van der Waals surface area contributed by atoms with Crippen LogP contribution in [0.15, 0.2) is 47.7 Å². The molecule has 0 aliphatic heterocycles. The molecule has 0 N–H and O–H groups in total. The van der Waals surface area contributed by atoms with Gasteiger partial charge in [0.15, 0.2) is 0 Å². The van der Waals surface area contributed by atoms with Crippen LogP contribution in [-0.2, 0) is 11.3 Å². The summed E-state index contributed by atoms with van der Waals surface area (Å²) in [5.41, 5.74) is 2.18. The van der Waals surface area contributed by atoms with Crippen molar-refractivity contribution in [3.8, 4) is 16.8 Å². The molecule has 1 aromatic carbocycles. The molecule has 2 heterocycles. The summed E-state index contributed by atoms with van der Waals surface area (Å²) in [6.45, 7) is 3.57. The highest BCUT2D eigenvalue weighted by Gasteiger charge is 2.10. The van der Waals surface area contributed by atoms with Gasteiger partial charge in [0.25, 0.3) is 5.56 Å². The highest BCUT2D eigenvalue weighted by molar-refractivity contribution is 6.31. The first-order chi connectivity index (χ1) is 11.7. The number of hydrogen-bond acceptors (Lipinski definition) is 5. The minimum absolute atomic E-state index is 0.102. The maximum atomic E-state index is 12.3. The standard InChI is InChI=1S/C16H16ClN5O2/c1-2-24-8-7-21-6-5-12(9-16(21)23)14-10-13(17)3-4-15(14)22-11-18-19-20-22/h3-6,9-11H,2,7-8H2,1H3. The molecule has 2 aromatic heterocycles. The second kappa shape index (κ2) is 7.37. The monoisotopic (exact) mass is 345 g/mol. The SMILES string of the molecule is CCOCCn1ccc(-c2cc(Cl)ccc2-n2cnnn2)cc1=O. The molecule has 8 heteroatoms. The second-order valence-corrected chi connectivity index (χ2v) is 5.50. The molecule has 0 radical (unpaired) electrons. The van der Waals surface area contributed by atoms with Gasteiger partial charge in [0.1, 0.15) is 6.33 Å². The number of rotatable bonds is 6. The Morgan fingerprint density at radius 3 is 2.83 bits per heavy atom. The summed E-state index contributed by atoms with van der Waals surface area (Å²) >= 11 is 6.12. The second-order valence-electron chi connectivity index (χ2n) is 5.06. The first-order valence-electron chi connectivity index (χ1n) is 7.50. The average molecular weight is 346 g/mol. The van der Waals surface area contributed by atoms with Crippen molar-refractivity contribution in [3.63, 3.8) is 0 Å². The van der Waals surface area contributed by atoms with Gasteiger partial charge >= 0.3 is 0 Å². The fourth-order valence-electron chi connectivity index (χ4n) is 2.38. The molecule has 0 atom stereocenters. The lowest BCUT2D eigenvalue weighted by Crippen LogP contribution is -2.21. The zero-order valence-electron chi connectivity index (χ0n) is 13.1. The van der Waals surface area contributed by atoms with Gasteiger partial charge < -0.3 is 9.30 Å². The van der Waals surface area contributed by atoms with Crippen LogP contribution in [0, 0.1) is 0 Å². The smallest absolute Gasteiger partial charge is 0.251 e. The van der Waals surface area contributed by atoms with E-state index in [1.807, 2.05) is 19.1 Å². The number of aromatic nitrogens is 5. The molecule has 0 fully saturated rings. The van der Waals surface area contributed by atoms with Gasteiger partial charge in [-0.25, -0.2) is 0 Å². The zero-order valence-corrected chi connectivity index (χ0v) is 13.8. The lowest BCUT2D eigenvalue weighted by atomic mass is 10.0. The maximum absolute atomic E-state index is 12.3. The van der Waals surface area contributed by atoms with E-state index in [4.69, 9.17) is 16.3 Å². The highest BCUT2D eigenvalue weighted by atomic mass is 35.5. The predicted octanol–water partition coefficient (Wildman–Crippen LogP) is 2.18. The van der Waals surface area contributed by atoms with Gasteiger partial charge in [-0.15, -0.1) is 5.10 Å². The van der Waals surface area contributed by atoms with Crippen molar-refractivity contribution in [2.45, 2.75) is 13.5 Å². The van der Waals surface area contributed by atoms with Crippen LogP contribution in [0.2, 0.25) is 5.02 Å². The van der Waals surface area contributed by atoms with Crippen LogP contribution in [0.4, 0.5) is 0 Å². The van der Waals surface area contributed by atoms with E-state index in [2.05, 4.69) is 15.5 Å².